The van der Waals surface area contributed by atoms with Crippen LogP contribution in [0.25, 0.3) is 0 Å². The Bertz CT molecular complexity index is 1020. The second-order valence-electron chi connectivity index (χ2n) is 15.7. The molecule has 4 rings (SSSR count). The minimum absolute atomic E-state index is 0.0931. The number of carbonyl (C=O) groups is 2. The first-order chi connectivity index (χ1) is 18.0. The van der Waals surface area contributed by atoms with Gasteiger partial charge in [-0.3, -0.25) is 15.0 Å². The van der Waals surface area contributed by atoms with Crippen LogP contribution in [0.4, 0.5) is 0 Å². The number of rotatable bonds is 6. The van der Waals surface area contributed by atoms with Crippen molar-refractivity contribution in [2.45, 2.75) is 125 Å². The van der Waals surface area contributed by atoms with Crippen LogP contribution < -0.4 is 5.32 Å². The molecule has 1 unspecified atom stereocenters. The summed E-state index contributed by atoms with van der Waals surface area (Å²) in [7, 11) is 0. The van der Waals surface area contributed by atoms with Crippen molar-refractivity contribution in [1.82, 2.24) is 15.1 Å². The maximum absolute atomic E-state index is 14.6. The van der Waals surface area contributed by atoms with Crippen molar-refractivity contribution in [2.24, 2.45) is 22.2 Å². The van der Waals surface area contributed by atoms with Crippen LogP contribution in [0, 0.1) is 22.2 Å². The number of carbonyl (C=O) groups excluding carboxylic acids is 1. The number of amides is 1. The molecular formula is C33H53N3O3. The van der Waals surface area contributed by atoms with Gasteiger partial charge in [0, 0.05) is 13.1 Å². The van der Waals surface area contributed by atoms with Crippen molar-refractivity contribution >= 4 is 11.9 Å². The summed E-state index contributed by atoms with van der Waals surface area (Å²) in [4.78, 5) is 30.8. The molecule has 1 amide bonds. The Morgan fingerprint density at radius 1 is 1.00 bits per heavy atom. The molecule has 3 aliphatic rings. The maximum atomic E-state index is 14.6. The molecule has 1 saturated carbocycles. The first-order valence-electron chi connectivity index (χ1n) is 15.2. The molecule has 218 valence electrons. The van der Waals surface area contributed by atoms with E-state index in [4.69, 9.17) is 0 Å². The van der Waals surface area contributed by atoms with E-state index in [0.29, 0.717) is 11.3 Å². The predicted octanol–water partition coefficient (Wildman–Crippen LogP) is 7.06. The zero-order valence-electron chi connectivity index (χ0n) is 25.8. The van der Waals surface area contributed by atoms with Crippen LogP contribution in [0.5, 0.6) is 0 Å². The smallest absolute Gasteiger partial charge is 0.335 e. The molecule has 2 atom stereocenters. The van der Waals surface area contributed by atoms with Crippen molar-refractivity contribution in [3.8, 4) is 0 Å². The third kappa shape index (κ3) is 6.70. The Hall–Kier alpha value is -1.92. The van der Waals surface area contributed by atoms with Crippen molar-refractivity contribution in [3.05, 3.63) is 35.4 Å². The van der Waals surface area contributed by atoms with E-state index in [-0.39, 0.29) is 40.2 Å². The van der Waals surface area contributed by atoms with E-state index in [1.165, 1.54) is 0 Å². The third-order valence-electron chi connectivity index (χ3n) is 9.91. The van der Waals surface area contributed by atoms with E-state index in [9.17, 15) is 14.7 Å². The summed E-state index contributed by atoms with van der Waals surface area (Å²) in [6.07, 6.45) is 7.85. The molecule has 6 nitrogen and oxygen atoms in total. The molecule has 2 N–H and O–H groups in total. The Balaban J connectivity index is 1.71. The molecule has 1 aromatic carbocycles. The number of piperidine rings is 1. The molecule has 0 radical (unpaired) electrons. The van der Waals surface area contributed by atoms with E-state index in [2.05, 4.69) is 70.5 Å². The summed E-state index contributed by atoms with van der Waals surface area (Å²) in [5.41, 5.74) is 1.66. The topological polar surface area (TPSA) is 72.9 Å². The lowest BCUT2D eigenvalue weighted by molar-refractivity contribution is -0.140. The monoisotopic (exact) mass is 539 g/mol. The first-order valence-corrected chi connectivity index (χ1v) is 15.2. The van der Waals surface area contributed by atoms with E-state index >= 15 is 0 Å². The fraction of sp³-hybridized carbons (Fsp3) is 0.758. The highest BCUT2D eigenvalue weighted by atomic mass is 16.4. The lowest BCUT2D eigenvalue weighted by atomic mass is 9.69. The summed E-state index contributed by atoms with van der Waals surface area (Å²) in [6, 6.07) is 7.18. The van der Waals surface area contributed by atoms with Gasteiger partial charge in [0.25, 0.3) is 5.91 Å². The molecule has 1 aliphatic carbocycles. The number of nitrogens with one attached hydrogen (secondary N) is 1. The lowest BCUT2D eigenvalue weighted by Crippen LogP contribution is -2.58. The molecule has 0 bridgehead atoms. The number of nitrogens with zero attached hydrogens (tertiary/aromatic N) is 2. The number of benzene rings is 1. The molecule has 1 spiro atoms. The fourth-order valence-electron chi connectivity index (χ4n) is 7.02. The number of likely N-dealkylation sites (tertiary alicyclic amines) is 1. The van der Waals surface area contributed by atoms with E-state index in [1.54, 1.807) is 12.1 Å². The molecular weight excluding hydrogens is 486 g/mol. The van der Waals surface area contributed by atoms with Crippen molar-refractivity contribution < 1.29 is 14.7 Å². The molecule has 1 aromatic rings. The molecule has 2 aliphatic heterocycles. The second kappa shape index (κ2) is 10.8. The van der Waals surface area contributed by atoms with Gasteiger partial charge in [0.1, 0.15) is 6.17 Å². The Kier molecular flexibility index (Phi) is 8.33. The highest BCUT2D eigenvalue weighted by Crippen LogP contribution is 2.49. The molecule has 0 aromatic heterocycles. The normalized spacial score (nSPS) is 29.1. The zero-order valence-corrected chi connectivity index (χ0v) is 25.8. The summed E-state index contributed by atoms with van der Waals surface area (Å²) < 4.78 is 0. The van der Waals surface area contributed by atoms with Crippen LogP contribution in [0.15, 0.2) is 24.3 Å². The number of aromatic carboxylic acids is 1. The summed E-state index contributed by atoms with van der Waals surface area (Å²) >= 11 is 0. The van der Waals surface area contributed by atoms with Crippen molar-refractivity contribution in [3.63, 3.8) is 0 Å². The van der Waals surface area contributed by atoms with Crippen LogP contribution in [-0.4, -0.2) is 51.7 Å². The number of carboxylic acid groups (broad SMARTS) is 1. The predicted molar refractivity (Wildman–Crippen MR) is 157 cm³/mol. The molecule has 2 saturated heterocycles. The van der Waals surface area contributed by atoms with Gasteiger partial charge in [-0.2, -0.15) is 0 Å². The van der Waals surface area contributed by atoms with E-state index in [1.807, 2.05) is 12.1 Å². The summed E-state index contributed by atoms with van der Waals surface area (Å²) in [5, 5.41) is 13.5. The van der Waals surface area contributed by atoms with Gasteiger partial charge in [-0.25, -0.2) is 4.79 Å². The van der Waals surface area contributed by atoms with Gasteiger partial charge in [0.2, 0.25) is 0 Å². The maximum Gasteiger partial charge on any atom is 0.335 e. The lowest BCUT2D eigenvalue weighted by Gasteiger charge is -2.49. The van der Waals surface area contributed by atoms with Crippen LogP contribution in [0.3, 0.4) is 0 Å². The van der Waals surface area contributed by atoms with Gasteiger partial charge >= 0.3 is 5.97 Å². The van der Waals surface area contributed by atoms with Gasteiger partial charge in [0.15, 0.2) is 0 Å². The molecule has 6 heteroatoms. The highest BCUT2D eigenvalue weighted by molar-refractivity contribution is 5.88. The largest absolute Gasteiger partial charge is 0.478 e. The van der Waals surface area contributed by atoms with Gasteiger partial charge in [-0.15, -0.1) is 0 Å². The Morgan fingerprint density at radius 2 is 1.56 bits per heavy atom. The quantitative estimate of drug-likeness (QED) is 0.405. The highest BCUT2D eigenvalue weighted by Gasteiger charge is 2.56. The number of carboxylic acids is 1. The van der Waals surface area contributed by atoms with Crippen LogP contribution in [0.2, 0.25) is 0 Å². The Morgan fingerprint density at radius 3 is 2.05 bits per heavy atom. The molecule has 2 heterocycles. The Labute approximate surface area is 236 Å². The van der Waals surface area contributed by atoms with Gasteiger partial charge in [-0.05, 0) is 91.2 Å². The molecule has 39 heavy (non-hydrogen) atoms. The average molecular weight is 540 g/mol. The SMILES string of the molecule is CC(C)(C)CC[C@H](c1ccc(C(=O)O)cc1)N1C(=O)C(N2CCC(C)(C)CC2)NC12CCC(C(C)(C)C)CC2. The van der Waals surface area contributed by atoms with Crippen molar-refractivity contribution in [1.29, 1.82) is 0 Å². The van der Waals surface area contributed by atoms with Gasteiger partial charge in [-0.1, -0.05) is 67.5 Å². The van der Waals surface area contributed by atoms with Crippen LogP contribution in [-0.2, 0) is 4.79 Å². The minimum atomic E-state index is -0.920. The van der Waals surface area contributed by atoms with E-state index in [0.717, 1.165) is 70.0 Å². The first kappa shape index (κ1) is 30.0. The van der Waals surface area contributed by atoms with Gasteiger partial charge < -0.3 is 10.0 Å². The van der Waals surface area contributed by atoms with Crippen molar-refractivity contribution in [2.75, 3.05) is 13.1 Å². The number of hydrogen-bond donors (Lipinski definition) is 2. The second-order valence-corrected chi connectivity index (χ2v) is 15.7. The third-order valence-corrected chi connectivity index (χ3v) is 9.91. The fourth-order valence-corrected chi connectivity index (χ4v) is 7.02. The zero-order chi connectivity index (χ0) is 28.8. The summed E-state index contributed by atoms with van der Waals surface area (Å²) in [6.45, 7) is 20.3. The average Bonchev–Trinajstić information content (AvgIpc) is 3.10. The standard InChI is InChI=1S/C33H53N3O3/c1-30(2,3)16-15-26(23-9-11-24(12-10-23)29(38)39)36-28(37)27(35-21-19-32(7,8)20-22-35)34-33(36)17-13-25(14-18-33)31(4,5)6/h9-12,25-27,34H,13-22H2,1-8H3,(H,38,39)/t25?,26-,27?,33?/m1/s1. The number of hydrogen-bond acceptors (Lipinski definition) is 4. The van der Waals surface area contributed by atoms with Gasteiger partial charge in [0.05, 0.1) is 17.3 Å². The minimum Gasteiger partial charge on any atom is -0.478 e. The summed E-state index contributed by atoms with van der Waals surface area (Å²) in [5.74, 6) is -0.0820. The van der Waals surface area contributed by atoms with Crippen LogP contribution in [0.1, 0.15) is 129 Å². The molecule has 3 fully saturated rings. The van der Waals surface area contributed by atoms with E-state index < -0.39 is 5.97 Å². The van der Waals surface area contributed by atoms with Crippen LogP contribution >= 0.6 is 0 Å².